The Kier molecular flexibility index (Phi) is 5.90. The van der Waals surface area contributed by atoms with Crippen molar-refractivity contribution in [2.45, 2.75) is 6.92 Å². The van der Waals surface area contributed by atoms with Gasteiger partial charge in [-0.05, 0) is 43.3 Å². The molecule has 1 N–H and O–H groups in total. The number of nitrogens with zero attached hydrogens (tertiary/aromatic N) is 8. The first-order valence-corrected chi connectivity index (χ1v) is 13.2. The molecule has 0 unspecified atom stereocenters. The van der Waals surface area contributed by atoms with Crippen molar-refractivity contribution in [2.75, 3.05) is 5.32 Å². The molecule has 0 aliphatic rings. The Morgan fingerprint density at radius 3 is 2.50 bits per heavy atom. The zero-order valence-corrected chi connectivity index (χ0v) is 22.6. The third kappa shape index (κ3) is 4.20. The molecule has 2 aromatic carbocycles. The van der Waals surface area contributed by atoms with E-state index < -0.39 is 5.91 Å². The van der Waals surface area contributed by atoms with Gasteiger partial charge < -0.3 is 9.88 Å². The summed E-state index contributed by atoms with van der Waals surface area (Å²) in [6.45, 7) is 1.91. The summed E-state index contributed by atoms with van der Waals surface area (Å²) in [5.74, 6) is -0.869. The van der Waals surface area contributed by atoms with Gasteiger partial charge in [0.1, 0.15) is 5.56 Å². The summed E-state index contributed by atoms with van der Waals surface area (Å²) >= 11 is 0. The molecular formula is C31H23N9O2. The number of carbonyl (C=O) groups is 2. The van der Waals surface area contributed by atoms with Gasteiger partial charge in [-0.15, -0.1) is 15.0 Å². The van der Waals surface area contributed by atoms with Gasteiger partial charge >= 0.3 is 0 Å². The highest BCUT2D eigenvalue weighted by Gasteiger charge is 2.26. The van der Waals surface area contributed by atoms with Crippen LogP contribution in [-0.2, 0) is 7.05 Å². The zero-order valence-electron chi connectivity index (χ0n) is 22.6. The topological polar surface area (TPSA) is 125 Å². The smallest absolute Gasteiger partial charge is 0.262 e. The van der Waals surface area contributed by atoms with Crippen LogP contribution in [0.5, 0.6) is 0 Å². The lowest BCUT2D eigenvalue weighted by molar-refractivity contribution is 0.102. The van der Waals surface area contributed by atoms with Crippen LogP contribution in [0, 0.1) is 6.92 Å². The molecule has 0 spiro atoms. The number of hydrogen-bond acceptors (Lipinski definition) is 7. The number of para-hydroxylation sites is 2. The van der Waals surface area contributed by atoms with Crippen LogP contribution < -0.4 is 5.32 Å². The fourth-order valence-electron chi connectivity index (χ4n) is 4.98. The van der Waals surface area contributed by atoms with Crippen molar-refractivity contribution in [2.24, 2.45) is 7.05 Å². The summed E-state index contributed by atoms with van der Waals surface area (Å²) in [7, 11) is 1.88. The molecule has 0 aliphatic carbocycles. The average Bonchev–Trinajstić information content (AvgIpc) is 3.73. The lowest BCUT2D eigenvalue weighted by Crippen LogP contribution is -2.15. The van der Waals surface area contributed by atoms with E-state index >= 15 is 0 Å². The number of rotatable bonds is 6. The number of pyridine rings is 1. The predicted molar refractivity (Wildman–Crippen MR) is 157 cm³/mol. The van der Waals surface area contributed by atoms with Crippen molar-refractivity contribution in [3.05, 3.63) is 120 Å². The number of ketones is 1. The Bertz CT molecular complexity index is 2140. The van der Waals surface area contributed by atoms with E-state index in [1.54, 1.807) is 23.0 Å². The van der Waals surface area contributed by atoms with Crippen LogP contribution in [0.4, 0.5) is 5.82 Å². The number of hydrogen-bond donors (Lipinski definition) is 1. The normalized spacial score (nSPS) is 11.3. The lowest BCUT2D eigenvalue weighted by atomic mass is 10.1. The van der Waals surface area contributed by atoms with E-state index in [0.29, 0.717) is 28.3 Å². The first-order chi connectivity index (χ1) is 20.5. The molecule has 1 amide bonds. The highest BCUT2D eigenvalue weighted by Crippen LogP contribution is 2.26. The maximum atomic E-state index is 13.9. The third-order valence-electron chi connectivity index (χ3n) is 6.99. The molecule has 11 nitrogen and oxygen atoms in total. The second kappa shape index (κ2) is 9.89. The van der Waals surface area contributed by atoms with E-state index in [-0.39, 0.29) is 22.9 Å². The van der Waals surface area contributed by atoms with Crippen LogP contribution in [0.1, 0.15) is 32.1 Å². The SMILES string of the molecule is Cc1cccc(-c2ccnc3c(C(=O)Nc4nn(-c5ccccc5)nc4C(=O)c4cn(C)c5ccccc45)cnn23)n1. The monoisotopic (exact) mass is 553 g/mol. The molecule has 0 fully saturated rings. The maximum absolute atomic E-state index is 13.9. The maximum Gasteiger partial charge on any atom is 0.262 e. The zero-order chi connectivity index (χ0) is 28.8. The third-order valence-corrected chi connectivity index (χ3v) is 6.99. The molecule has 204 valence electrons. The molecule has 0 atom stereocenters. The van der Waals surface area contributed by atoms with E-state index in [2.05, 4.69) is 30.6 Å². The van der Waals surface area contributed by atoms with Crippen molar-refractivity contribution < 1.29 is 9.59 Å². The number of aryl methyl sites for hydroxylation is 2. The van der Waals surface area contributed by atoms with E-state index in [9.17, 15) is 9.59 Å². The second-order valence-electron chi connectivity index (χ2n) is 9.76. The molecule has 0 saturated heterocycles. The van der Waals surface area contributed by atoms with Crippen LogP contribution in [0.25, 0.3) is 33.6 Å². The minimum Gasteiger partial charge on any atom is -0.350 e. The molecule has 5 aromatic heterocycles. The van der Waals surface area contributed by atoms with E-state index in [0.717, 1.165) is 16.6 Å². The number of carbonyl (C=O) groups excluding carboxylic acids is 2. The highest BCUT2D eigenvalue weighted by molar-refractivity contribution is 6.19. The number of benzene rings is 2. The van der Waals surface area contributed by atoms with Gasteiger partial charge in [0, 0.05) is 41.6 Å². The number of amides is 1. The molecule has 11 heteroatoms. The summed E-state index contributed by atoms with van der Waals surface area (Å²) in [5.41, 5.74) is 4.79. The molecule has 5 heterocycles. The van der Waals surface area contributed by atoms with Gasteiger partial charge in [-0.2, -0.15) is 5.10 Å². The fourth-order valence-corrected chi connectivity index (χ4v) is 4.98. The number of fused-ring (bicyclic) bond motifs is 2. The highest BCUT2D eigenvalue weighted by atomic mass is 16.2. The van der Waals surface area contributed by atoms with Gasteiger partial charge in [0.25, 0.3) is 5.91 Å². The number of aromatic nitrogens is 8. The van der Waals surface area contributed by atoms with Crippen LogP contribution in [0.15, 0.2) is 97.5 Å². The number of nitrogens with one attached hydrogen (secondary N) is 1. The summed E-state index contributed by atoms with van der Waals surface area (Å²) in [4.78, 5) is 37.9. The standard InChI is InChI=1S/C31H23N9O2/c1-19-9-8-13-24(34-19)26-15-16-32-30-22(17-33-39(26)30)31(42)35-29-27(36-40(37-29)20-10-4-3-5-11-20)28(41)23-18-38(2)25-14-7-6-12-21(23)25/h3-18H,1-2H3,(H,35,37,42). The second-order valence-corrected chi connectivity index (χ2v) is 9.76. The van der Waals surface area contributed by atoms with Crippen molar-refractivity contribution in [1.82, 2.24) is 39.1 Å². The largest absolute Gasteiger partial charge is 0.350 e. The van der Waals surface area contributed by atoms with E-state index in [1.165, 1.54) is 11.0 Å². The first-order valence-electron chi connectivity index (χ1n) is 13.2. The van der Waals surface area contributed by atoms with Gasteiger partial charge in [-0.3, -0.25) is 14.6 Å². The van der Waals surface area contributed by atoms with Crippen LogP contribution in [-0.4, -0.2) is 50.8 Å². The molecule has 0 bridgehead atoms. The molecule has 0 saturated carbocycles. The quantitative estimate of drug-likeness (QED) is 0.297. The van der Waals surface area contributed by atoms with Gasteiger partial charge in [-0.25, -0.2) is 9.50 Å². The van der Waals surface area contributed by atoms with Gasteiger partial charge in [0.2, 0.25) is 5.78 Å². The Morgan fingerprint density at radius 1 is 0.857 bits per heavy atom. The summed E-state index contributed by atoms with van der Waals surface area (Å²) in [5, 5.41) is 17.0. The summed E-state index contributed by atoms with van der Waals surface area (Å²) in [6, 6.07) is 24.3. The van der Waals surface area contributed by atoms with Crippen molar-refractivity contribution in [3.63, 3.8) is 0 Å². The lowest BCUT2D eigenvalue weighted by Gasteiger charge is -2.05. The Morgan fingerprint density at radius 2 is 1.67 bits per heavy atom. The molecule has 0 aliphatic heterocycles. The summed E-state index contributed by atoms with van der Waals surface area (Å²) < 4.78 is 3.45. The fraction of sp³-hybridized carbons (Fsp3) is 0.0645. The molecule has 7 aromatic rings. The van der Waals surface area contributed by atoms with Gasteiger partial charge in [-0.1, -0.05) is 42.5 Å². The van der Waals surface area contributed by atoms with Crippen LogP contribution >= 0.6 is 0 Å². The van der Waals surface area contributed by atoms with Crippen LogP contribution in [0.2, 0.25) is 0 Å². The minimum absolute atomic E-state index is 0.0117. The van der Waals surface area contributed by atoms with Gasteiger partial charge in [0.15, 0.2) is 17.2 Å². The van der Waals surface area contributed by atoms with Crippen LogP contribution in [0.3, 0.4) is 0 Å². The average molecular weight is 554 g/mol. The molecule has 7 rings (SSSR count). The molecule has 42 heavy (non-hydrogen) atoms. The first kappa shape index (κ1) is 25.0. The van der Waals surface area contributed by atoms with E-state index in [1.807, 2.05) is 91.3 Å². The minimum atomic E-state index is -0.529. The summed E-state index contributed by atoms with van der Waals surface area (Å²) in [6.07, 6.45) is 4.80. The molecular weight excluding hydrogens is 530 g/mol. The predicted octanol–water partition coefficient (Wildman–Crippen LogP) is 4.66. The van der Waals surface area contributed by atoms with Crippen molar-refractivity contribution in [1.29, 1.82) is 0 Å². The van der Waals surface area contributed by atoms with Crippen molar-refractivity contribution in [3.8, 4) is 17.1 Å². The Labute approximate surface area is 239 Å². The molecule has 0 radical (unpaired) electrons. The van der Waals surface area contributed by atoms with Crippen molar-refractivity contribution >= 4 is 34.1 Å². The number of anilines is 1. The van der Waals surface area contributed by atoms with Gasteiger partial charge in [0.05, 0.1) is 23.3 Å². The Hall–Kier alpha value is -5.97. The van der Waals surface area contributed by atoms with E-state index in [4.69, 9.17) is 0 Å². The Balaban J connectivity index is 1.30.